The fourth-order valence-electron chi connectivity index (χ4n) is 3.41. The Morgan fingerprint density at radius 1 is 1.28 bits per heavy atom. The number of ether oxygens (including phenoxy) is 2. The lowest BCUT2D eigenvalue weighted by atomic mass is 9.82. The van der Waals surface area contributed by atoms with Crippen molar-refractivity contribution in [1.29, 1.82) is 0 Å². The predicted octanol–water partition coefficient (Wildman–Crippen LogP) is 3.62. The Bertz CT molecular complexity index is 719. The van der Waals surface area contributed by atoms with Gasteiger partial charge in [0.15, 0.2) is 5.76 Å². The van der Waals surface area contributed by atoms with E-state index in [1.165, 1.54) is 12.1 Å². The molecule has 0 bridgehead atoms. The molecule has 134 valence electrons. The van der Waals surface area contributed by atoms with Crippen molar-refractivity contribution in [2.45, 2.75) is 31.9 Å². The Balaban J connectivity index is 2.01. The van der Waals surface area contributed by atoms with Crippen LogP contribution in [-0.2, 0) is 25.2 Å². The van der Waals surface area contributed by atoms with Crippen LogP contribution >= 0.6 is 0 Å². The molecule has 0 spiro atoms. The molecule has 1 aromatic carbocycles. The van der Waals surface area contributed by atoms with E-state index in [1.54, 1.807) is 6.92 Å². The molecule has 25 heavy (non-hydrogen) atoms. The first-order chi connectivity index (χ1) is 11.8. The summed E-state index contributed by atoms with van der Waals surface area (Å²) in [6.45, 7) is 2.14. The Hall–Kier alpha value is -2.31. The van der Waals surface area contributed by atoms with Crippen LogP contribution < -0.4 is 0 Å². The molecule has 0 aromatic heterocycles. The molecule has 2 aliphatic rings. The third-order valence-corrected chi connectivity index (χ3v) is 4.48. The van der Waals surface area contributed by atoms with Crippen LogP contribution in [0.3, 0.4) is 0 Å². The summed E-state index contributed by atoms with van der Waals surface area (Å²) >= 11 is 0. The maximum atomic E-state index is 12.8. The van der Waals surface area contributed by atoms with Gasteiger partial charge < -0.3 is 9.47 Å². The zero-order chi connectivity index (χ0) is 18.2. The molecule has 1 aliphatic heterocycles. The average Bonchev–Trinajstić information content (AvgIpc) is 2.88. The van der Waals surface area contributed by atoms with Gasteiger partial charge in [0.1, 0.15) is 5.92 Å². The number of carbonyl (C=O) groups is 2. The van der Waals surface area contributed by atoms with Crippen LogP contribution in [0.4, 0.5) is 13.2 Å². The molecule has 1 aromatic rings. The molecule has 0 saturated heterocycles. The highest BCUT2D eigenvalue weighted by molar-refractivity contribution is 6.11. The average molecular weight is 354 g/mol. The van der Waals surface area contributed by atoms with Crippen molar-refractivity contribution >= 4 is 11.8 Å². The van der Waals surface area contributed by atoms with Crippen LogP contribution in [0.15, 0.2) is 35.6 Å². The van der Waals surface area contributed by atoms with Gasteiger partial charge in [0.05, 0.1) is 18.8 Å². The van der Waals surface area contributed by atoms with Gasteiger partial charge in [-0.05, 0) is 43.0 Å². The minimum absolute atomic E-state index is 0.119. The summed E-state index contributed by atoms with van der Waals surface area (Å²) in [6, 6.07) is 4.56. The van der Waals surface area contributed by atoms with E-state index in [0.29, 0.717) is 30.6 Å². The van der Waals surface area contributed by atoms with E-state index in [0.717, 1.165) is 12.1 Å². The zero-order valence-electron chi connectivity index (χ0n) is 13.6. The number of hydrogen-bond acceptors (Lipinski definition) is 4. The van der Waals surface area contributed by atoms with Crippen molar-refractivity contribution in [3.8, 4) is 0 Å². The molecule has 0 amide bonds. The van der Waals surface area contributed by atoms with E-state index in [2.05, 4.69) is 0 Å². The van der Waals surface area contributed by atoms with Crippen molar-refractivity contribution in [3.05, 3.63) is 46.7 Å². The summed E-state index contributed by atoms with van der Waals surface area (Å²) in [5, 5.41) is 0. The highest BCUT2D eigenvalue weighted by Crippen LogP contribution is 2.46. The Labute approximate surface area is 142 Å². The Morgan fingerprint density at radius 2 is 1.96 bits per heavy atom. The van der Waals surface area contributed by atoms with Crippen molar-refractivity contribution in [2.24, 2.45) is 5.92 Å². The molecule has 2 atom stereocenters. The van der Waals surface area contributed by atoms with Crippen LogP contribution in [0, 0.1) is 5.92 Å². The third-order valence-electron chi connectivity index (χ3n) is 4.48. The first-order valence-corrected chi connectivity index (χ1v) is 8.08. The maximum absolute atomic E-state index is 12.8. The van der Waals surface area contributed by atoms with Gasteiger partial charge in [-0.2, -0.15) is 13.2 Å². The number of Topliss-reactive ketones (excluding diaryl/α,β-unsaturated/α-hetero) is 1. The molecule has 1 aliphatic carbocycles. The summed E-state index contributed by atoms with van der Waals surface area (Å²) in [4.78, 5) is 24.9. The monoisotopic (exact) mass is 354 g/mol. The number of carbonyl (C=O) groups excluding carboxylic acids is 2. The molecule has 0 fully saturated rings. The number of halogens is 3. The van der Waals surface area contributed by atoms with Crippen molar-refractivity contribution < 1.29 is 32.2 Å². The minimum atomic E-state index is -4.44. The second kappa shape index (κ2) is 6.54. The van der Waals surface area contributed by atoms with E-state index in [-0.39, 0.29) is 12.4 Å². The van der Waals surface area contributed by atoms with Crippen molar-refractivity contribution in [2.75, 3.05) is 13.2 Å². The number of benzene rings is 1. The van der Waals surface area contributed by atoms with Gasteiger partial charge in [-0.3, -0.25) is 9.59 Å². The smallest absolute Gasteiger partial charge is 0.416 e. The van der Waals surface area contributed by atoms with Gasteiger partial charge in [0, 0.05) is 5.92 Å². The fourth-order valence-corrected chi connectivity index (χ4v) is 3.41. The van der Waals surface area contributed by atoms with Crippen molar-refractivity contribution in [1.82, 2.24) is 0 Å². The third kappa shape index (κ3) is 3.15. The number of ketones is 1. The molecular formula is C18H17F3O4. The van der Waals surface area contributed by atoms with E-state index in [9.17, 15) is 22.8 Å². The van der Waals surface area contributed by atoms with Crippen LogP contribution in [0.25, 0.3) is 0 Å². The summed E-state index contributed by atoms with van der Waals surface area (Å²) in [6.07, 6.45) is -3.18. The number of esters is 1. The second-order valence-electron chi connectivity index (χ2n) is 6.00. The van der Waals surface area contributed by atoms with E-state index >= 15 is 0 Å². The Kier molecular flexibility index (Phi) is 4.58. The molecule has 0 radical (unpaired) electrons. The topological polar surface area (TPSA) is 52.6 Å². The fraction of sp³-hybridized carbons (Fsp3) is 0.444. The number of rotatable bonds is 3. The summed E-state index contributed by atoms with van der Waals surface area (Å²) < 4.78 is 48.8. The Morgan fingerprint density at radius 3 is 2.56 bits per heavy atom. The van der Waals surface area contributed by atoms with Crippen LogP contribution in [0.1, 0.15) is 36.8 Å². The first kappa shape index (κ1) is 17.5. The summed E-state index contributed by atoms with van der Waals surface area (Å²) in [5.41, 5.74) is 0.381. The van der Waals surface area contributed by atoms with Gasteiger partial charge >= 0.3 is 12.1 Å². The van der Waals surface area contributed by atoms with Gasteiger partial charge in [-0.1, -0.05) is 12.1 Å². The molecular weight excluding hydrogens is 337 g/mol. The molecule has 2 unspecified atom stereocenters. The molecule has 4 nitrogen and oxygen atoms in total. The second-order valence-corrected chi connectivity index (χ2v) is 6.00. The lowest BCUT2D eigenvalue weighted by molar-refractivity contribution is -0.151. The van der Waals surface area contributed by atoms with Gasteiger partial charge in [0.25, 0.3) is 0 Å². The first-order valence-electron chi connectivity index (χ1n) is 8.08. The lowest BCUT2D eigenvalue weighted by Crippen LogP contribution is -2.28. The van der Waals surface area contributed by atoms with Gasteiger partial charge in [0.2, 0.25) is 5.78 Å². The number of allylic oxidation sites excluding steroid dienone is 2. The van der Waals surface area contributed by atoms with Crippen molar-refractivity contribution in [3.63, 3.8) is 0 Å². The highest BCUT2D eigenvalue weighted by Gasteiger charge is 2.49. The standard InChI is InChI=1S/C18H17F3O4/c1-2-24-17(23)14-13(12-4-3-9-25-16(12)15(14)22)10-5-7-11(8-6-10)18(19,20)21/h5-8,13-14H,2-4,9H2,1H3. The molecule has 3 rings (SSSR count). The number of hydrogen-bond donors (Lipinski definition) is 0. The van der Waals surface area contributed by atoms with Crippen LogP contribution in [-0.4, -0.2) is 25.0 Å². The largest absolute Gasteiger partial charge is 0.490 e. The van der Waals surface area contributed by atoms with E-state index < -0.39 is 35.3 Å². The quantitative estimate of drug-likeness (QED) is 0.615. The molecule has 1 heterocycles. The predicted molar refractivity (Wildman–Crippen MR) is 81.5 cm³/mol. The van der Waals surface area contributed by atoms with E-state index in [4.69, 9.17) is 9.47 Å². The lowest BCUT2D eigenvalue weighted by Gasteiger charge is -2.22. The summed E-state index contributed by atoms with van der Waals surface area (Å²) in [5.74, 6) is -2.67. The SMILES string of the molecule is CCOC(=O)C1C(=O)C2=C(CCCO2)C1c1ccc(C(F)(F)F)cc1. The molecule has 0 N–H and O–H groups in total. The zero-order valence-corrected chi connectivity index (χ0v) is 13.6. The molecule has 7 heteroatoms. The van der Waals surface area contributed by atoms with Gasteiger partial charge in [-0.15, -0.1) is 0 Å². The normalized spacial score (nSPS) is 23.3. The summed E-state index contributed by atoms with van der Waals surface area (Å²) in [7, 11) is 0. The van der Waals surface area contributed by atoms with Crippen LogP contribution in [0.5, 0.6) is 0 Å². The number of alkyl halides is 3. The highest BCUT2D eigenvalue weighted by atomic mass is 19.4. The van der Waals surface area contributed by atoms with Crippen LogP contribution in [0.2, 0.25) is 0 Å². The molecule has 0 saturated carbocycles. The minimum Gasteiger partial charge on any atom is -0.490 e. The maximum Gasteiger partial charge on any atom is 0.416 e. The van der Waals surface area contributed by atoms with E-state index in [1.807, 2.05) is 0 Å². The van der Waals surface area contributed by atoms with Gasteiger partial charge in [-0.25, -0.2) is 0 Å².